The van der Waals surface area contributed by atoms with Gasteiger partial charge in [-0.15, -0.1) is 0 Å². The first kappa shape index (κ1) is 19.8. The minimum atomic E-state index is -0.225. The smallest absolute Gasteiger partial charge is 0.319 e. The molecule has 0 aliphatic carbocycles. The molecule has 0 bridgehead atoms. The number of rotatable bonds is 5. The molecule has 1 aliphatic rings. The van der Waals surface area contributed by atoms with Crippen LogP contribution in [0, 0.1) is 0 Å². The van der Waals surface area contributed by atoms with E-state index in [-0.39, 0.29) is 12.1 Å². The molecule has 9 heteroatoms. The summed E-state index contributed by atoms with van der Waals surface area (Å²) in [5.74, 6) is 0.664. The highest BCUT2D eigenvalue weighted by atomic mass is 16.5. The van der Waals surface area contributed by atoms with Gasteiger partial charge in [-0.05, 0) is 38.1 Å². The molecular weight excluding hydrogens is 382 g/mol. The molecule has 3 aromatic rings. The number of carbonyl (C=O) groups is 1. The lowest BCUT2D eigenvalue weighted by Crippen LogP contribution is -2.44. The number of anilines is 2. The molecule has 30 heavy (non-hydrogen) atoms. The number of amides is 2. The molecule has 0 spiro atoms. The summed E-state index contributed by atoms with van der Waals surface area (Å²) < 4.78 is 5.56. The van der Waals surface area contributed by atoms with Crippen molar-refractivity contribution in [1.29, 1.82) is 0 Å². The van der Waals surface area contributed by atoms with Gasteiger partial charge in [0.2, 0.25) is 5.95 Å². The van der Waals surface area contributed by atoms with Gasteiger partial charge in [0.05, 0.1) is 36.3 Å². The average Bonchev–Trinajstić information content (AvgIpc) is 3.29. The zero-order valence-electron chi connectivity index (χ0n) is 17.1. The minimum Gasteiger partial charge on any atom is -0.377 e. The molecule has 2 aromatic heterocycles. The highest BCUT2D eigenvalue weighted by Gasteiger charge is 2.23. The maximum Gasteiger partial charge on any atom is 0.319 e. The zero-order valence-corrected chi connectivity index (χ0v) is 17.1. The summed E-state index contributed by atoms with van der Waals surface area (Å²) in [5.41, 5.74) is 4.05. The molecule has 4 rings (SSSR count). The zero-order chi connectivity index (χ0) is 20.9. The first-order chi connectivity index (χ1) is 14.6. The molecule has 1 aromatic carbocycles. The molecule has 9 nitrogen and oxygen atoms in total. The summed E-state index contributed by atoms with van der Waals surface area (Å²) in [5, 5.41) is 12.5. The molecule has 3 heterocycles. The van der Waals surface area contributed by atoms with Gasteiger partial charge in [0, 0.05) is 30.5 Å². The fourth-order valence-corrected chi connectivity index (χ4v) is 3.33. The van der Waals surface area contributed by atoms with Crippen LogP contribution in [0.25, 0.3) is 22.6 Å². The standard InChI is InChI=1S/C21H25N7O2/c1-3-22-21(29)24-16-6-4-15(5-7-16)18-12-19(17-8-9-23-27-17)26-20(25-18)28-10-11-30-13-14(28)2/h4-9,12,14H,3,10-11,13H2,1-2H3,(H,23,27)(H2,22,24,29)/t14-/m0/s1. The Balaban J connectivity index is 1.67. The molecule has 2 amide bonds. The summed E-state index contributed by atoms with van der Waals surface area (Å²) in [6, 6.07) is 11.4. The van der Waals surface area contributed by atoms with Gasteiger partial charge >= 0.3 is 6.03 Å². The van der Waals surface area contributed by atoms with E-state index in [2.05, 4.69) is 32.7 Å². The molecule has 0 radical (unpaired) electrons. The first-order valence-electron chi connectivity index (χ1n) is 10.0. The third-order valence-electron chi connectivity index (χ3n) is 4.89. The number of benzene rings is 1. The van der Waals surface area contributed by atoms with E-state index in [1.54, 1.807) is 6.20 Å². The third-order valence-corrected chi connectivity index (χ3v) is 4.89. The van der Waals surface area contributed by atoms with E-state index in [0.29, 0.717) is 25.7 Å². The van der Waals surface area contributed by atoms with Crippen LogP contribution in [-0.2, 0) is 4.74 Å². The second kappa shape index (κ2) is 8.91. The Hall–Kier alpha value is -3.46. The van der Waals surface area contributed by atoms with E-state index in [1.807, 2.05) is 43.3 Å². The quantitative estimate of drug-likeness (QED) is 0.600. The maximum absolute atomic E-state index is 11.7. The lowest BCUT2D eigenvalue weighted by Gasteiger charge is -2.33. The molecule has 156 valence electrons. The average molecular weight is 407 g/mol. The van der Waals surface area contributed by atoms with E-state index >= 15 is 0 Å². The van der Waals surface area contributed by atoms with Crippen molar-refractivity contribution >= 4 is 17.7 Å². The van der Waals surface area contributed by atoms with E-state index in [1.165, 1.54) is 0 Å². The van der Waals surface area contributed by atoms with Crippen molar-refractivity contribution in [3.63, 3.8) is 0 Å². The first-order valence-corrected chi connectivity index (χ1v) is 10.0. The molecule has 1 fully saturated rings. The molecule has 0 saturated carbocycles. The lowest BCUT2D eigenvalue weighted by atomic mass is 10.1. The number of ether oxygens (including phenoxy) is 1. The number of nitrogens with one attached hydrogen (secondary N) is 3. The number of aromatic nitrogens is 4. The summed E-state index contributed by atoms with van der Waals surface area (Å²) in [4.78, 5) is 23.5. The lowest BCUT2D eigenvalue weighted by molar-refractivity contribution is 0.0981. The largest absolute Gasteiger partial charge is 0.377 e. The monoisotopic (exact) mass is 407 g/mol. The fraction of sp³-hybridized carbons (Fsp3) is 0.333. The van der Waals surface area contributed by atoms with Crippen LogP contribution in [0.15, 0.2) is 42.6 Å². The van der Waals surface area contributed by atoms with Crippen molar-refractivity contribution in [1.82, 2.24) is 25.5 Å². The van der Waals surface area contributed by atoms with Crippen molar-refractivity contribution in [2.24, 2.45) is 0 Å². The SMILES string of the molecule is CCNC(=O)Nc1ccc(-c2cc(-c3ccn[nH]3)nc(N3CCOC[C@@H]3C)n2)cc1. The number of carbonyl (C=O) groups excluding carboxylic acids is 1. The summed E-state index contributed by atoms with van der Waals surface area (Å²) >= 11 is 0. The third kappa shape index (κ3) is 4.41. The molecule has 3 N–H and O–H groups in total. The van der Waals surface area contributed by atoms with E-state index in [9.17, 15) is 4.79 Å². The van der Waals surface area contributed by atoms with Crippen LogP contribution in [0.3, 0.4) is 0 Å². The van der Waals surface area contributed by atoms with Crippen LogP contribution < -0.4 is 15.5 Å². The number of H-pyrrole nitrogens is 1. The Labute approximate surface area is 174 Å². The van der Waals surface area contributed by atoms with Gasteiger partial charge in [-0.2, -0.15) is 5.10 Å². The van der Waals surface area contributed by atoms with Crippen LogP contribution in [0.4, 0.5) is 16.4 Å². The predicted molar refractivity (Wildman–Crippen MR) is 115 cm³/mol. The maximum atomic E-state index is 11.7. The Morgan fingerprint density at radius 1 is 1.23 bits per heavy atom. The molecule has 1 aliphatic heterocycles. The van der Waals surface area contributed by atoms with E-state index in [4.69, 9.17) is 14.7 Å². The van der Waals surface area contributed by atoms with Crippen molar-refractivity contribution in [2.45, 2.75) is 19.9 Å². The van der Waals surface area contributed by atoms with Gasteiger partial charge in [0.1, 0.15) is 0 Å². The van der Waals surface area contributed by atoms with E-state index in [0.717, 1.165) is 34.9 Å². The van der Waals surface area contributed by atoms with Crippen LogP contribution in [0.2, 0.25) is 0 Å². The Kier molecular flexibility index (Phi) is 5.89. The van der Waals surface area contributed by atoms with Gasteiger partial charge < -0.3 is 20.3 Å². The second-order valence-electron chi connectivity index (χ2n) is 7.09. The van der Waals surface area contributed by atoms with Gasteiger partial charge in [0.15, 0.2) is 0 Å². The Morgan fingerprint density at radius 2 is 2.03 bits per heavy atom. The van der Waals surface area contributed by atoms with Crippen molar-refractivity contribution in [2.75, 3.05) is 36.5 Å². The Bertz CT molecular complexity index is 989. The van der Waals surface area contributed by atoms with Gasteiger partial charge in [-0.1, -0.05) is 12.1 Å². The van der Waals surface area contributed by atoms with Crippen molar-refractivity contribution < 1.29 is 9.53 Å². The summed E-state index contributed by atoms with van der Waals surface area (Å²) in [6.07, 6.45) is 1.70. The van der Waals surface area contributed by atoms with Gasteiger partial charge in [0.25, 0.3) is 0 Å². The number of aromatic amines is 1. The van der Waals surface area contributed by atoms with E-state index < -0.39 is 0 Å². The van der Waals surface area contributed by atoms with Crippen molar-refractivity contribution in [3.05, 3.63) is 42.6 Å². The number of hydrogen-bond acceptors (Lipinski definition) is 6. The number of nitrogens with zero attached hydrogens (tertiary/aromatic N) is 4. The summed E-state index contributed by atoms with van der Waals surface area (Å²) in [7, 11) is 0. The second-order valence-corrected chi connectivity index (χ2v) is 7.09. The molecule has 0 unspecified atom stereocenters. The summed E-state index contributed by atoms with van der Waals surface area (Å²) in [6.45, 7) is 6.59. The van der Waals surface area contributed by atoms with Gasteiger partial charge in [-0.25, -0.2) is 14.8 Å². The predicted octanol–water partition coefficient (Wildman–Crippen LogP) is 2.90. The minimum absolute atomic E-state index is 0.187. The fourth-order valence-electron chi connectivity index (χ4n) is 3.33. The van der Waals surface area contributed by atoms with Gasteiger partial charge in [-0.3, -0.25) is 5.10 Å². The highest BCUT2D eigenvalue weighted by molar-refractivity contribution is 5.89. The normalized spacial score (nSPS) is 16.3. The molecular formula is C21H25N7O2. The van der Waals surface area contributed by atoms with Crippen LogP contribution in [-0.4, -0.2) is 58.5 Å². The van der Waals surface area contributed by atoms with Crippen molar-refractivity contribution in [3.8, 4) is 22.6 Å². The van der Waals surface area contributed by atoms with Crippen LogP contribution in [0.5, 0.6) is 0 Å². The number of morpholine rings is 1. The highest BCUT2D eigenvalue weighted by Crippen LogP contribution is 2.27. The number of urea groups is 1. The Morgan fingerprint density at radius 3 is 2.73 bits per heavy atom. The number of hydrogen-bond donors (Lipinski definition) is 3. The van der Waals surface area contributed by atoms with Crippen LogP contribution >= 0.6 is 0 Å². The van der Waals surface area contributed by atoms with Crippen LogP contribution in [0.1, 0.15) is 13.8 Å². The molecule has 1 atom stereocenters. The topological polar surface area (TPSA) is 108 Å². The molecule has 1 saturated heterocycles.